The van der Waals surface area contributed by atoms with Gasteiger partial charge in [0.2, 0.25) is 5.16 Å². The van der Waals surface area contributed by atoms with Crippen molar-refractivity contribution in [2.24, 2.45) is 7.05 Å². The number of nitrogens with zero attached hydrogens (tertiary/aromatic N) is 4. The van der Waals surface area contributed by atoms with Crippen molar-refractivity contribution in [2.45, 2.75) is 10.4 Å². The molecule has 2 aromatic carbocycles. The topological polar surface area (TPSA) is 76.5 Å². The average Bonchev–Trinajstić information content (AvgIpc) is 3.26. The fourth-order valence-electron chi connectivity index (χ4n) is 2.74. The summed E-state index contributed by atoms with van der Waals surface area (Å²) in [6, 6.07) is 17.5. The molecule has 0 aliphatic heterocycles. The Kier molecular flexibility index (Phi) is 4.07. The van der Waals surface area contributed by atoms with Gasteiger partial charge in [0.05, 0.1) is 0 Å². The summed E-state index contributed by atoms with van der Waals surface area (Å²) in [6.45, 7) is 0. The Labute approximate surface area is 148 Å². The molecule has 0 radical (unpaired) electrons. The van der Waals surface area contributed by atoms with Crippen LogP contribution in [-0.2, 0) is 7.05 Å². The van der Waals surface area contributed by atoms with E-state index < -0.39 is 5.25 Å². The summed E-state index contributed by atoms with van der Waals surface area (Å²) < 4.78 is 1.57. The van der Waals surface area contributed by atoms with Gasteiger partial charge in [-0.2, -0.15) is 0 Å². The summed E-state index contributed by atoms with van der Waals surface area (Å²) in [7, 11) is 1.76. The second kappa shape index (κ2) is 6.52. The Hall–Kier alpha value is -2.93. The van der Waals surface area contributed by atoms with Gasteiger partial charge in [-0.15, -0.1) is 5.10 Å². The van der Waals surface area contributed by atoms with Crippen LogP contribution in [0.2, 0.25) is 0 Å². The number of carbonyl (C=O) groups is 1. The quantitative estimate of drug-likeness (QED) is 0.441. The van der Waals surface area contributed by atoms with Gasteiger partial charge in [0.25, 0.3) is 0 Å². The number of para-hydroxylation sites is 1. The largest absolute Gasteiger partial charge is 0.360 e. The van der Waals surface area contributed by atoms with E-state index in [-0.39, 0.29) is 5.78 Å². The number of H-pyrrole nitrogens is 1. The van der Waals surface area contributed by atoms with E-state index in [1.807, 2.05) is 54.6 Å². The minimum Gasteiger partial charge on any atom is -0.360 e. The van der Waals surface area contributed by atoms with Crippen LogP contribution in [0.1, 0.15) is 21.2 Å². The van der Waals surface area contributed by atoms with E-state index in [0.29, 0.717) is 10.7 Å². The number of ketones is 1. The lowest BCUT2D eigenvalue weighted by Gasteiger charge is -2.14. The number of hydrogen-bond acceptors (Lipinski definition) is 5. The molecule has 7 heteroatoms. The number of rotatable bonds is 5. The first-order chi connectivity index (χ1) is 12.2. The molecule has 4 aromatic rings. The van der Waals surface area contributed by atoms with Gasteiger partial charge < -0.3 is 4.98 Å². The van der Waals surface area contributed by atoms with Crippen LogP contribution in [0.4, 0.5) is 0 Å². The number of tetrazole rings is 1. The minimum absolute atomic E-state index is 0.0247. The van der Waals surface area contributed by atoms with Crippen molar-refractivity contribution in [1.29, 1.82) is 0 Å². The van der Waals surface area contributed by atoms with Crippen LogP contribution >= 0.6 is 11.8 Å². The first-order valence-electron chi connectivity index (χ1n) is 7.78. The van der Waals surface area contributed by atoms with Crippen LogP contribution in [0, 0.1) is 0 Å². The van der Waals surface area contributed by atoms with Gasteiger partial charge in [-0.25, -0.2) is 4.68 Å². The number of benzene rings is 2. The van der Waals surface area contributed by atoms with E-state index in [9.17, 15) is 4.79 Å². The third-order valence-electron chi connectivity index (χ3n) is 4.00. The summed E-state index contributed by atoms with van der Waals surface area (Å²) >= 11 is 1.35. The Morgan fingerprint density at radius 1 is 1.12 bits per heavy atom. The van der Waals surface area contributed by atoms with Crippen LogP contribution < -0.4 is 0 Å². The minimum atomic E-state index is -0.426. The highest BCUT2D eigenvalue weighted by molar-refractivity contribution is 8.00. The fourth-order valence-corrected chi connectivity index (χ4v) is 3.75. The second-order valence-electron chi connectivity index (χ2n) is 5.61. The molecule has 0 fully saturated rings. The average molecular weight is 349 g/mol. The van der Waals surface area contributed by atoms with Crippen molar-refractivity contribution in [3.05, 3.63) is 71.9 Å². The van der Waals surface area contributed by atoms with Gasteiger partial charge in [0.15, 0.2) is 5.78 Å². The highest BCUT2D eigenvalue weighted by Gasteiger charge is 2.27. The van der Waals surface area contributed by atoms with Gasteiger partial charge in [-0.3, -0.25) is 4.79 Å². The molecule has 1 atom stereocenters. The summed E-state index contributed by atoms with van der Waals surface area (Å²) in [5.41, 5.74) is 2.54. The van der Waals surface area contributed by atoms with Crippen LogP contribution in [-0.4, -0.2) is 31.0 Å². The van der Waals surface area contributed by atoms with Crippen molar-refractivity contribution in [2.75, 3.05) is 0 Å². The van der Waals surface area contributed by atoms with Gasteiger partial charge in [-0.1, -0.05) is 60.3 Å². The monoisotopic (exact) mass is 349 g/mol. The number of aromatic amines is 1. The maximum atomic E-state index is 13.3. The summed E-state index contributed by atoms with van der Waals surface area (Å²) in [5, 5.41) is 12.6. The number of thioether (sulfide) groups is 1. The molecule has 2 aromatic heterocycles. The highest BCUT2D eigenvalue weighted by Crippen LogP contribution is 2.37. The molecule has 0 saturated carbocycles. The number of carbonyl (C=O) groups excluding carboxylic acids is 1. The number of fused-ring (bicyclic) bond motifs is 1. The smallest absolute Gasteiger partial charge is 0.210 e. The molecule has 0 bridgehead atoms. The van der Waals surface area contributed by atoms with E-state index in [0.717, 1.165) is 16.5 Å². The number of aromatic nitrogens is 5. The second-order valence-corrected chi connectivity index (χ2v) is 6.68. The molecule has 6 nitrogen and oxygen atoms in total. The summed E-state index contributed by atoms with van der Waals surface area (Å²) in [4.78, 5) is 16.5. The molecule has 124 valence electrons. The lowest BCUT2D eigenvalue weighted by atomic mass is 10.0. The predicted octanol–water partition coefficient (Wildman–Crippen LogP) is 3.41. The van der Waals surface area contributed by atoms with Crippen LogP contribution in [0.15, 0.2) is 66.0 Å². The molecular formula is C18H15N5OS. The van der Waals surface area contributed by atoms with Crippen molar-refractivity contribution in [3.8, 4) is 0 Å². The Morgan fingerprint density at radius 3 is 2.64 bits per heavy atom. The molecule has 0 spiro atoms. The molecule has 2 heterocycles. The zero-order chi connectivity index (χ0) is 17.2. The highest BCUT2D eigenvalue weighted by atomic mass is 32.2. The molecule has 0 aliphatic carbocycles. The summed E-state index contributed by atoms with van der Waals surface area (Å²) in [6.07, 6.45) is 1.78. The Morgan fingerprint density at radius 2 is 1.88 bits per heavy atom. The van der Waals surface area contributed by atoms with E-state index in [2.05, 4.69) is 20.5 Å². The molecule has 0 saturated heterocycles. The maximum absolute atomic E-state index is 13.3. The van der Waals surface area contributed by atoms with Crippen molar-refractivity contribution >= 4 is 28.4 Å². The normalized spacial score (nSPS) is 12.4. The lowest BCUT2D eigenvalue weighted by molar-refractivity contribution is 0.0991. The van der Waals surface area contributed by atoms with E-state index in [1.54, 1.807) is 17.9 Å². The van der Waals surface area contributed by atoms with Crippen LogP contribution in [0.25, 0.3) is 10.9 Å². The third-order valence-corrected chi connectivity index (χ3v) is 5.28. The van der Waals surface area contributed by atoms with Crippen LogP contribution in [0.3, 0.4) is 0 Å². The third kappa shape index (κ3) is 2.94. The molecule has 1 N–H and O–H groups in total. The fraction of sp³-hybridized carbons (Fsp3) is 0.111. The van der Waals surface area contributed by atoms with Crippen LogP contribution in [0.5, 0.6) is 0 Å². The Bertz CT molecular complexity index is 1020. The lowest BCUT2D eigenvalue weighted by Crippen LogP contribution is -2.11. The summed E-state index contributed by atoms with van der Waals surface area (Å²) in [5.74, 6) is 0.0247. The van der Waals surface area contributed by atoms with E-state index in [4.69, 9.17) is 0 Å². The number of hydrogen-bond donors (Lipinski definition) is 1. The molecule has 4 rings (SSSR count). The van der Waals surface area contributed by atoms with Gasteiger partial charge in [-0.05, 0) is 22.1 Å². The van der Waals surface area contributed by atoms with Gasteiger partial charge >= 0.3 is 0 Å². The van der Waals surface area contributed by atoms with Crippen molar-refractivity contribution in [3.63, 3.8) is 0 Å². The first-order valence-corrected chi connectivity index (χ1v) is 8.66. The molecular weight excluding hydrogens is 334 g/mol. The standard InChI is InChI=1S/C18H15N5OS/c1-23-18(20-21-22-23)25-17(12-7-3-2-4-8-12)16(24)14-11-19-15-10-6-5-9-13(14)15/h2-11,17,19H,1H3/t17-/m1/s1. The molecule has 0 amide bonds. The van der Waals surface area contributed by atoms with E-state index >= 15 is 0 Å². The molecule has 0 unspecified atom stereocenters. The van der Waals surface area contributed by atoms with Crippen molar-refractivity contribution < 1.29 is 4.79 Å². The number of Topliss-reactive ketones (excluding diaryl/α,β-unsaturated/α-hetero) is 1. The Balaban J connectivity index is 1.77. The SMILES string of the molecule is Cn1nnnc1S[C@@H](C(=O)c1c[nH]c2ccccc12)c1ccccc1. The first kappa shape index (κ1) is 15.6. The number of aryl methyl sites for hydroxylation is 1. The number of nitrogens with one attached hydrogen (secondary N) is 1. The van der Waals surface area contributed by atoms with Gasteiger partial charge in [0.1, 0.15) is 5.25 Å². The molecule has 25 heavy (non-hydrogen) atoms. The maximum Gasteiger partial charge on any atom is 0.210 e. The van der Waals surface area contributed by atoms with E-state index in [1.165, 1.54) is 11.8 Å². The molecule has 0 aliphatic rings. The zero-order valence-corrected chi connectivity index (χ0v) is 14.3. The van der Waals surface area contributed by atoms with Crippen molar-refractivity contribution in [1.82, 2.24) is 25.2 Å². The van der Waals surface area contributed by atoms with Gasteiger partial charge in [0, 0.05) is 29.7 Å². The zero-order valence-electron chi connectivity index (χ0n) is 13.5. The predicted molar refractivity (Wildman–Crippen MR) is 96.5 cm³/mol.